The van der Waals surface area contributed by atoms with E-state index >= 15 is 0 Å². The normalized spacial score (nSPS) is 18.2. The molecule has 0 bridgehead atoms. The number of hydrogen-bond acceptors (Lipinski definition) is 2. The highest BCUT2D eigenvalue weighted by molar-refractivity contribution is 5.79. The lowest BCUT2D eigenvalue weighted by Gasteiger charge is -2.28. The highest BCUT2D eigenvalue weighted by atomic mass is 19.2. The zero-order valence-electron chi connectivity index (χ0n) is 11.7. The molecule has 0 spiro atoms. The van der Waals surface area contributed by atoms with Crippen molar-refractivity contribution in [3.8, 4) is 0 Å². The summed E-state index contributed by atoms with van der Waals surface area (Å²) < 4.78 is 26.1. The van der Waals surface area contributed by atoms with Gasteiger partial charge in [-0.1, -0.05) is 13.0 Å². The lowest BCUT2D eigenvalue weighted by Crippen LogP contribution is -2.42. The Morgan fingerprint density at radius 2 is 2.20 bits per heavy atom. The summed E-state index contributed by atoms with van der Waals surface area (Å²) in [6, 6.07) is 3.85. The monoisotopic (exact) mass is 282 g/mol. The third-order valence-electron chi connectivity index (χ3n) is 3.60. The fraction of sp³-hybridized carbons (Fsp3) is 0.533. The summed E-state index contributed by atoms with van der Waals surface area (Å²) in [6.07, 6.45) is 1.96. The minimum Gasteiger partial charge on any atom is -0.338 e. The predicted molar refractivity (Wildman–Crippen MR) is 73.3 cm³/mol. The first-order valence-electron chi connectivity index (χ1n) is 7.06. The number of halogens is 2. The van der Waals surface area contributed by atoms with Crippen molar-refractivity contribution in [2.45, 2.75) is 32.2 Å². The number of nitrogens with zero attached hydrogens (tertiary/aromatic N) is 1. The Labute approximate surface area is 118 Å². The molecule has 1 unspecified atom stereocenters. The number of hydrogen-bond donors (Lipinski definition) is 1. The molecule has 1 amide bonds. The molecule has 1 aliphatic rings. The molecule has 0 aliphatic carbocycles. The quantitative estimate of drug-likeness (QED) is 0.897. The largest absolute Gasteiger partial charge is 0.338 e. The van der Waals surface area contributed by atoms with E-state index in [1.165, 1.54) is 6.07 Å². The maximum atomic E-state index is 13.2. The Balaban J connectivity index is 2.05. The molecule has 1 aliphatic heterocycles. The molecule has 1 heterocycles. The molecular weight excluding hydrogens is 262 g/mol. The van der Waals surface area contributed by atoms with E-state index in [2.05, 4.69) is 5.32 Å². The molecule has 110 valence electrons. The molecular formula is C15H20F2N2O. The zero-order valence-corrected chi connectivity index (χ0v) is 11.7. The van der Waals surface area contributed by atoms with Gasteiger partial charge in [0.05, 0.1) is 6.42 Å². The molecule has 5 heteroatoms. The third kappa shape index (κ3) is 3.54. The molecule has 3 nitrogen and oxygen atoms in total. The first kappa shape index (κ1) is 14.9. The molecule has 1 atom stereocenters. The van der Waals surface area contributed by atoms with E-state index in [0.29, 0.717) is 12.1 Å². The summed E-state index contributed by atoms with van der Waals surface area (Å²) in [5, 5.41) is 3.24. The van der Waals surface area contributed by atoms with Gasteiger partial charge >= 0.3 is 0 Å². The van der Waals surface area contributed by atoms with Crippen LogP contribution in [0.2, 0.25) is 0 Å². The van der Waals surface area contributed by atoms with Gasteiger partial charge in [0.15, 0.2) is 11.6 Å². The van der Waals surface area contributed by atoms with Crippen LogP contribution in [0, 0.1) is 11.6 Å². The van der Waals surface area contributed by atoms with Crippen LogP contribution >= 0.6 is 0 Å². The fourth-order valence-electron chi connectivity index (χ4n) is 2.58. The van der Waals surface area contributed by atoms with Crippen LogP contribution < -0.4 is 5.32 Å². The highest BCUT2D eigenvalue weighted by Crippen LogP contribution is 2.14. The Hall–Kier alpha value is -1.49. The number of carbonyl (C=O) groups is 1. The van der Waals surface area contributed by atoms with Crippen molar-refractivity contribution in [2.75, 3.05) is 19.6 Å². The summed E-state index contributed by atoms with van der Waals surface area (Å²) >= 11 is 0. The number of carbonyl (C=O) groups excluding carboxylic acids is 1. The molecule has 0 aromatic heterocycles. The summed E-state index contributed by atoms with van der Waals surface area (Å²) in [7, 11) is 0. The molecule has 0 saturated carbocycles. The minimum atomic E-state index is -0.903. The summed E-state index contributed by atoms with van der Waals surface area (Å²) in [5.41, 5.74) is 0.515. The van der Waals surface area contributed by atoms with Crippen molar-refractivity contribution in [1.29, 1.82) is 0 Å². The highest BCUT2D eigenvalue weighted by Gasteiger charge is 2.25. The predicted octanol–water partition coefficient (Wildman–Crippen LogP) is 2.11. The van der Waals surface area contributed by atoms with Crippen molar-refractivity contribution < 1.29 is 13.6 Å². The molecule has 2 rings (SSSR count). The number of benzene rings is 1. The van der Waals surface area contributed by atoms with Gasteiger partial charge in [-0.25, -0.2) is 8.78 Å². The van der Waals surface area contributed by atoms with E-state index in [-0.39, 0.29) is 18.4 Å². The molecule has 1 fully saturated rings. The minimum absolute atomic E-state index is 0.0217. The fourth-order valence-corrected chi connectivity index (χ4v) is 2.58. The van der Waals surface area contributed by atoms with E-state index in [1.807, 2.05) is 11.8 Å². The molecule has 1 saturated heterocycles. The number of nitrogens with one attached hydrogen (secondary N) is 1. The summed E-state index contributed by atoms with van der Waals surface area (Å²) in [5.74, 6) is -1.81. The molecule has 20 heavy (non-hydrogen) atoms. The van der Waals surface area contributed by atoms with Crippen molar-refractivity contribution in [2.24, 2.45) is 0 Å². The molecule has 1 aromatic carbocycles. The summed E-state index contributed by atoms with van der Waals surface area (Å²) in [6.45, 7) is 4.46. The van der Waals surface area contributed by atoms with Crippen molar-refractivity contribution >= 4 is 5.91 Å². The first-order valence-corrected chi connectivity index (χ1v) is 7.06. The SMILES string of the molecule is CCCN(C(=O)Cc1ccc(F)c(F)c1)C1CCNC1. The van der Waals surface area contributed by atoms with Crippen LogP contribution in [0.4, 0.5) is 8.78 Å². The zero-order chi connectivity index (χ0) is 14.5. The maximum absolute atomic E-state index is 13.2. The van der Waals surface area contributed by atoms with Gasteiger partial charge in [-0.15, -0.1) is 0 Å². The van der Waals surface area contributed by atoms with Gasteiger partial charge in [0.1, 0.15) is 0 Å². The summed E-state index contributed by atoms with van der Waals surface area (Å²) in [4.78, 5) is 14.2. The second-order valence-electron chi connectivity index (χ2n) is 5.16. The number of amides is 1. The first-order chi connectivity index (χ1) is 9.61. The van der Waals surface area contributed by atoms with Gasteiger partial charge < -0.3 is 10.2 Å². The standard InChI is InChI=1S/C15H20F2N2O/c1-2-7-19(12-5-6-18-10-12)15(20)9-11-3-4-13(16)14(17)8-11/h3-4,8,12,18H,2,5-7,9-10H2,1H3. The Morgan fingerprint density at radius 1 is 1.40 bits per heavy atom. The smallest absolute Gasteiger partial charge is 0.227 e. The van der Waals surface area contributed by atoms with E-state index in [4.69, 9.17) is 0 Å². The lowest BCUT2D eigenvalue weighted by molar-refractivity contribution is -0.132. The lowest BCUT2D eigenvalue weighted by atomic mass is 10.1. The number of rotatable bonds is 5. The average Bonchev–Trinajstić information content (AvgIpc) is 2.94. The van der Waals surface area contributed by atoms with Crippen LogP contribution in [-0.4, -0.2) is 36.5 Å². The van der Waals surface area contributed by atoms with Crippen LogP contribution in [-0.2, 0) is 11.2 Å². The van der Waals surface area contributed by atoms with Gasteiger partial charge in [0, 0.05) is 19.1 Å². The Bertz CT molecular complexity index is 473. The third-order valence-corrected chi connectivity index (χ3v) is 3.60. The van der Waals surface area contributed by atoms with Gasteiger partial charge in [-0.2, -0.15) is 0 Å². The van der Waals surface area contributed by atoms with E-state index in [0.717, 1.165) is 38.1 Å². The Morgan fingerprint density at radius 3 is 2.80 bits per heavy atom. The van der Waals surface area contributed by atoms with Gasteiger partial charge in [0.2, 0.25) is 5.91 Å². The van der Waals surface area contributed by atoms with Crippen LogP contribution in [0.15, 0.2) is 18.2 Å². The van der Waals surface area contributed by atoms with E-state index in [9.17, 15) is 13.6 Å². The van der Waals surface area contributed by atoms with Gasteiger partial charge in [0.25, 0.3) is 0 Å². The molecule has 0 radical (unpaired) electrons. The van der Waals surface area contributed by atoms with Crippen molar-refractivity contribution in [3.05, 3.63) is 35.4 Å². The van der Waals surface area contributed by atoms with E-state index < -0.39 is 11.6 Å². The maximum Gasteiger partial charge on any atom is 0.227 e. The van der Waals surface area contributed by atoms with Crippen molar-refractivity contribution in [3.63, 3.8) is 0 Å². The second-order valence-corrected chi connectivity index (χ2v) is 5.16. The average molecular weight is 282 g/mol. The van der Waals surface area contributed by atoms with Crippen LogP contribution in [0.25, 0.3) is 0 Å². The van der Waals surface area contributed by atoms with Crippen LogP contribution in [0.5, 0.6) is 0 Å². The molecule has 1 aromatic rings. The van der Waals surface area contributed by atoms with Crippen molar-refractivity contribution in [1.82, 2.24) is 10.2 Å². The topological polar surface area (TPSA) is 32.3 Å². The molecule has 1 N–H and O–H groups in total. The van der Waals surface area contributed by atoms with Crippen LogP contribution in [0.1, 0.15) is 25.3 Å². The van der Waals surface area contributed by atoms with Crippen LogP contribution in [0.3, 0.4) is 0 Å². The second kappa shape index (κ2) is 6.79. The van der Waals surface area contributed by atoms with E-state index in [1.54, 1.807) is 0 Å². The van der Waals surface area contributed by atoms with Gasteiger partial charge in [-0.05, 0) is 37.1 Å². The Kier molecular flexibility index (Phi) is 5.06. The van der Waals surface area contributed by atoms with Gasteiger partial charge in [-0.3, -0.25) is 4.79 Å².